The number of nitro benzene ring substituents is 1. The zero-order valence-corrected chi connectivity index (χ0v) is 16.6. The smallest absolute Gasteiger partial charge is 0.345 e. The summed E-state index contributed by atoms with van der Waals surface area (Å²) in [5.41, 5.74) is -1.17. The fourth-order valence-corrected chi connectivity index (χ4v) is 2.92. The van der Waals surface area contributed by atoms with E-state index in [2.05, 4.69) is 6.58 Å². The molecule has 156 valence electrons. The molecule has 2 aromatic rings. The maximum absolute atomic E-state index is 14.0. The molecule has 7 nitrogen and oxygen atoms in total. The van der Waals surface area contributed by atoms with Gasteiger partial charge >= 0.3 is 11.9 Å². The van der Waals surface area contributed by atoms with Crippen LogP contribution in [0.25, 0.3) is 0 Å². The Morgan fingerprint density at radius 1 is 1.30 bits per heavy atom. The summed E-state index contributed by atoms with van der Waals surface area (Å²) in [6.07, 6.45) is 1.22. The molecular weight excluding hydrogens is 417 g/mol. The summed E-state index contributed by atoms with van der Waals surface area (Å²) < 4.78 is 18.8. The summed E-state index contributed by atoms with van der Waals surface area (Å²) in [5.74, 6) is -4.08. The topological polar surface area (TPSA) is 104 Å². The van der Waals surface area contributed by atoms with Gasteiger partial charge in [-0.05, 0) is 30.7 Å². The van der Waals surface area contributed by atoms with Gasteiger partial charge in [0.25, 0.3) is 5.69 Å². The number of nitrogens with zero attached hydrogens (tertiary/aromatic N) is 1. The molecule has 0 aliphatic rings. The summed E-state index contributed by atoms with van der Waals surface area (Å²) >= 11 is 5.87. The molecule has 0 bridgehead atoms. The highest BCUT2D eigenvalue weighted by atomic mass is 35.5. The maximum Gasteiger partial charge on any atom is 0.345 e. The lowest BCUT2D eigenvalue weighted by Crippen LogP contribution is -2.19. The molecular formula is C21H17ClFNO6. The van der Waals surface area contributed by atoms with Crippen molar-refractivity contribution in [1.29, 1.82) is 0 Å². The minimum atomic E-state index is -1.02. The maximum atomic E-state index is 14.0. The number of halogens is 2. The minimum Gasteiger partial charge on any atom is -0.389 e. The predicted molar refractivity (Wildman–Crippen MR) is 107 cm³/mol. The van der Waals surface area contributed by atoms with Gasteiger partial charge in [0.15, 0.2) is 5.78 Å². The number of benzene rings is 2. The fraction of sp³-hybridized carbons (Fsp3) is 0.190. The van der Waals surface area contributed by atoms with Crippen molar-refractivity contribution in [2.45, 2.75) is 19.8 Å². The molecule has 0 heterocycles. The third kappa shape index (κ3) is 5.36. The number of hydrogen-bond acceptors (Lipinski definition) is 6. The number of esters is 2. The summed E-state index contributed by atoms with van der Waals surface area (Å²) in [6, 6.07) is 6.86. The highest BCUT2D eigenvalue weighted by molar-refractivity contribution is 6.34. The van der Waals surface area contributed by atoms with Crippen LogP contribution in [0.1, 0.15) is 39.6 Å². The highest BCUT2D eigenvalue weighted by Gasteiger charge is 2.24. The van der Waals surface area contributed by atoms with Gasteiger partial charge in [-0.1, -0.05) is 30.7 Å². The molecule has 9 heteroatoms. The van der Waals surface area contributed by atoms with E-state index in [-0.39, 0.29) is 16.1 Å². The summed E-state index contributed by atoms with van der Waals surface area (Å²) in [4.78, 5) is 47.3. The standard InChI is InChI=1S/C21H17ClFNO6/c1-3-5-12(2)20(26)30-21(27)13-8-9-17(24(28)29)14(10-13)11-18(25)19-15(22)6-4-7-16(19)23/h3-4,6-10,12H,1,5,11H2,2H3. The monoisotopic (exact) mass is 433 g/mol. The van der Waals surface area contributed by atoms with Crippen LogP contribution in [-0.4, -0.2) is 22.6 Å². The first-order valence-corrected chi connectivity index (χ1v) is 9.15. The van der Waals surface area contributed by atoms with Crippen molar-refractivity contribution in [3.63, 3.8) is 0 Å². The SMILES string of the molecule is C=CCC(C)C(=O)OC(=O)c1ccc([N+](=O)[O-])c(CC(=O)c2c(F)cccc2Cl)c1. The third-order valence-corrected chi connectivity index (χ3v) is 4.54. The normalized spacial score (nSPS) is 11.4. The van der Waals surface area contributed by atoms with Crippen LogP contribution in [0.2, 0.25) is 5.02 Å². The van der Waals surface area contributed by atoms with Gasteiger partial charge in [0.1, 0.15) is 5.82 Å². The quantitative estimate of drug-likeness (QED) is 0.149. The number of allylic oxidation sites excluding steroid dienone is 1. The van der Waals surface area contributed by atoms with Crippen LogP contribution in [0, 0.1) is 21.8 Å². The van der Waals surface area contributed by atoms with Crippen molar-refractivity contribution in [2.75, 3.05) is 0 Å². The lowest BCUT2D eigenvalue weighted by atomic mass is 9.99. The first kappa shape index (κ1) is 22.9. The largest absolute Gasteiger partial charge is 0.389 e. The lowest BCUT2D eigenvalue weighted by Gasteiger charge is -2.10. The zero-order valence-electron chi connectivity index (χ0n) is 15.9. The Bertz CT molecular complexity index is 1020. The van der Waals surface area contributed by atoms with Gasteiger partial charge in [-0.15, -0.1) is 6.58 Å². The lowest BCUT2D eigenvalue weighted by molar-refractivity contribution is -0.385. The minimum absolute atomic E-state index is 0.139. The van der Waals surface area contributed by atoms with Crippen LogP contribution in [0.5, 0.6) is 0 Å². The van der Waals surface area contributed by atoms with Gasteiger partial charge in [0.05, 0.1) is 27.0 Å². The molecule has 1 unspecified atom stereocenters. The molecule has 0 aromatic heterocycles. The van der Waals surface area contributed by atoms with E-state index in [0.717, 1.165) is 24.3 Å². The Morgan fingerprint density at radius 2 is 2.00 bits per heavy atom. The van der Waals surface area contributed by atoms with E-state index in [1.54, 1.807) is 6.92 Å². The van der Waals surface area contributed by atoms with Gasteiger partial charge in [0.2, 0.25) is 0 Å². The average Bonchev–Trinajstić information content (AvgIpc) is 2.67. The van der Waals surface area contributed by atoms with E-state index in [9.17, 15) is 28.9 Å². The van der Waals surface area contributed by atoms with E-state index in [1.807, 2.05) is 0 Å². The summed E-state index contributed by atoms with van der Waals surface area (Å²) in [7, 11) is 0. The van der Waals surface area contributed by atoms with Crippen molar-refractivity contribution in [2.24, 2.45) is 5.92 Å². The molecule has 2 rings (SSSR count). The molecule has 0 radical (unpaired) electrons. The van der Waals surface area contributed by atoms with E-state index < -0.39 is 52.1 Å². The molecule has 0 aliphatic carbocycles. The van der Waals surface area contributed by atoms with Gasteiger partial charge < -0.3 is 4.74 Å². The van der Waals surface area contributed by atoms with Crippen molar-refractivity contribution in [1.82, 2.24) is 0 Å². The molecule has 30 heavy (non-hydrogen) atoms. The number of hydrogen-bond donors (Lipinski definition) is 0. The van der Waals surface area contributed by atoms with Crippen LogP contribution in [0.3, 0.4) is 0 Å². The molecule has 0 aliphatic heterocycles. The second kappa shape index (κ2) is 9.89. The first-order valence-electron chi connectivity index (χ1n) is 8.77. The molecule has 0 saturated carbocycles. The second-order valence-electron chi connectivity index (χ2n) is 6.43. The van der Waals surface area contributed by atoms with Crippen molar-refractivity contribution in [3.05, 3.63) is 86.7 Å². The van der Waals surface area contributed by atoms with Gasteiger partial charge in [-0.2, -0.15) is 0 Å². The zero-order chi connectivity index (χ0) is 22.4. The average molecular weight is 434 g/mol. The molecule has 2 aromatic carbocycles. The van der Waals surface area contributed by atoms with E-state index >= 15 is 0 Å². The van der Waals surface area contributed by atoms with E-state index in [4.69, 9.17) is 16.3 Å². The Labute approximate surface area is 176 Å². The second-order valence-corrected chi connectivity index (χ2v) is 6.84. The molecule has 0 amide bonds. The third-order valence-electron chi connectivity index (χ3n) is 4.22. The Hall–Kier alpha value is -3.39. The van der Waals surface area contributed by atoms with Crippen molar-refractivity contribution in [3.8, 4) is 0 Å². The highest BCUT2D eigenvalue weighted by Crippen LogP contribution is 2.26. The van der Waals surface area contributed by atoms with Crippen LogP contribution in [0.4, 0.5) is 10.1 Å². The number of Topliss-reactive ketones (excluding diaryl/α,β-unsaturated/α-hetero) is 1. The Kier molecular flexibility index (Phi) is 7.54. The first-order chi connectivity index (χ1) is 14.1. The summed E-state index contributed by atoms with van der Waals surface area (Å²) in [6.45, 7) is 5.05. The number of rotatable bonds is 8. The number of ketones is 1. The van der Waals surface area contributed by atoms with Crippen LogP contribution in [-0.2, 0) is 16.0 Å². The Balaban J connectivity index is 2.33. The van der Waals surface area contributed by atoms with Gasteiger partial charge in [-0.3, -0.25) is 19.7 Å². The Morgan fingerprint density at radius 3 is 2.60 bits per heavy atom. The number of carbonyl (C=O) groups excluding carboxylic acids is 3. The summed E-state index contributed by atoms with van der Waals surface area (Å²) in [5, 5.41) is 11.2. The van der Waals surface area contributed by atoms with Crippen molar-refractivity contribution < 1.29 is 28.4 Å². The van der Waals surface area contributed by atoms with Crippen LogP contribution >= 0.6 is 11.6 Å². The van der Waals surface area contributed by atoms with Crippen molar-refractivity contribution >= 4 is 35.0 Å². The van der Waals surface area contributed by atoms with Gasteiger partial charge in [0, 0.05) is 18.1 Å². The van der Waals surface area contributed by atoms with E-state index in [0.29, 0.717) is 6.42 Å². The van der Waals surface area contributed by atoms with Gasteiger partial charge in [-0.25, -0.2) is 9.18 Å². The molecule has 0 spiro atoms. The van der Waals surface area contributed by atoms with Crippen LogP contribution in [0.15, 0.2) is 49.1 Å². The van der Waals surface area contributed by atoms with Crippen LogP contribution < -0.4 is 0 Å². The fourth-order valence-electron chi connectivity index (χ4n) is 2.65. The van der Waals surface area contributed by atoms with E-state index in [1.165, 1.54) is 18.2 Å². The molecule has 0 N–H and O–H groups in total. The molecule has 1 atom stereocenters. The number of ether oxygens (including phenoxy) is 1. The molecule has 0 saturated heterocycles. The number of nitro groups is 1. The predicted octanol–water partition coefficient (Wildman–Crippen LogP) is 4.71. The number of carbonyl (C=O) groups is 3. The molecule has 0 fully saturated rings.